The van der Waals surface area contributed by atoms with Gasteiger partial charge in [-0.25, -0.2) is 4.79 Å². The van der Waals surface area contributed by atoms with Crippen LogP contribution in [0.15, 0.2) is 0 Å². The Labute approximate surface area is 90.0 Å². The van der Waals surface area contributed by atoms with Gasteiger partial charge >= 0.3 is 5.43 Å². The van der Waals surface area contributed by atoms with Gasteiger partial charge in [-0.05, 0) is 30.6 Å². The summed E-state index contributed by atoms with van der Waals surface area (Å²) in [6.07, 6.45) is 3.43. The SMILES string of the molecule is CC1(C)[C@@H]2CC[C@@]1(C)[C@H](OC(=O)Cl)C2. The van der Waals surface area contributed by atoms with Gasteiger partial charge < -0.3 is 4.74 Å². The Kier molecular flexibility index (Phi) is 2.11. The molecule has 2 bridgehead atoms. The average molecular weight is 217 g/mol. The molecule has 2 aliphatic carbocycles. The maximum absolute atomic E-state index is 10.8. The van der Waals surface area contributed by atoms with E-state index in [0.717, 1.165) is 12.8 Å². The molecule has 2 nitrogen and oxygen atoms in total. The first-order chi connectivity index (χ1) is 6.38. The van der Waals surface area contributed by atoms with E-state index in [-0.39, 0.29) is 16.9 Å². The Hall–Kier alpha value is -0.240. The zero-order chi connectivity index (χ0) is 10.6. The summed E-state index contributed by atoms with van der Waals surface area (Å²) in [5, 5.41) is 0. The summed E-state index contributed by atoms with van der Waals surface area (Å²) in [7, 11) is 0. The molecule has 0 aliphatic heterocycles. The lowest BCUT2D eigenvalue weighted by atomic mass is 9.70. The third kappa shape index (κ3) is 1.13. The topological polar surface area (TPSA) is 26.3 Å². The number of hydrogen-bond donors (Lipinski definition) is 0. The predicted octanol–water partition coefficient (Wildman–Crippen LogP) is 3.58. The monoisotopic (exact) mass is 216 g/mol. The Morgan fingerprint density at radius 1 is 1.43 bits per heavy atom. The van der Waals surface area contributed by atoms with Crippen molar-refractivity contribution >= 4 is 17.0 Å². The van der Waals surface area contributed by atoms with Crippen molar-refractivity contribution in [2.45, 2.75) is 46.1 Å². The average Bonchev–Trinajstić information content (AvgIpc) is 2.35. The third-order valence-electron chi connectivity index (χ3n) is 4.95. The van der Waals surface area contributed by atoms with Gasteiger partial charge in [0.05, 0.1) is 0 Å². The van der Waals surface area contributed by atoms with Crippen LogP contribution in [0.4, 0.5) is 4.79 Å². The molecule has 0 heterocycles. The standard InChI is InChI=1S/C11H17ClO2/c1-10(2)7-4-5-11(10,3)8(6-7)14-9(12)13/h7-8H,4-6H2,1-3H3/t7-,8-,11+/m1/s1. The van der Waals surface area contributed by atoms with E-state index in [0.29, 0.717) is 5.92 Å². The van der Waals surface area contributed by atoms with Crippen LogP contribution in [0.2, 0.25) is 0 Å². The Bertz CT molecular complexity index is 274. The highest BCUT2D eigenvalue weighted by atomic mass is 35.5. The highest BCUT2D eigenvalue weighted by molar-refractivity contribution is 6.61. The molecule has 3 heteroatoms. The Morgan fingerprint density at radius 2 is 2.07 bits per heavy atom. The zero-order valence-corrected chi connectivity index (χ0v) is 9.73. The fourth-order valence-electron chi connectivity index (χ4n) is 3.42. The van der Waals surface area contributed by atoms with Crippen LogP contribution in [0.5, 0.6) is 0 Å². The first-order valence-electron chi connectivity index (χ1n) is 5.24. The Balaban J connectivity index is 2.23. The molecule has 3 atom stereocenters. The number of halogens is 1. The van der Waals surface area contributed by atoms with E-state index in [9.17, 15) is 4.79 Å². The molecule has 14 heavy (non-hydrogen) atoms. The van der Waals surface area contributed by atoms with E-state index in [2.05, 4.69) is 20.8 Å². The molecule has 0 spiro atoms. The van der Waals surface area contributed by atoms with Crippen LogP contribution in [0, 0.1) is 16.7 Å². The van der Waals surface area contributed by atoms with Gasteiger partial charge in [-0.15, -0.1) is 0 Å². The van der Waals surface area contributed by atoms with Crippen molar-refractivity contribution in [2.75, 3.05) is 0 Å². The fraction of sp³-hybridized carbons (Fsp3) is 0.909. The molecular formula is C11H17ClO2. The summed E-state index contributed by atoms with van der Waals surface area (Å²) in [5.41, 5.74) is -0.244. The highest BCUT2D eigenvalue weighted by Crippen LogP contribution is 2.66. The second-order valence-electron chi connectivity index (χ2n) is 5.45. The minimum absolute atomic E-state index is 0.0289. The van der Waals surface area contributed by atoms with Crippen LogP contribution in [0.25, 0.3) is 0 Å². The van der Waals surface area contributed by atoms with Gasteiger partial charge in [-0.1, -0.05) is 20.8 Å². The maximum Gasteiger partial charge on any atom is 0.404 e. The molecule has 2 rings (SSSR count). The van der Waals surface area contributed by atoms with Crippen LogP contribution in [-0.2, 0) is 4.74 Å². The van der Waals surface area contributed by atoms with Crippen molar-refractivity contribution in [3.05, 3.63) is 0 Å². The normalized spacial score (nSPS) is 44.0. The number of rotatable bonds is 1. The molecule has 2 saturated carbocycles. The Morgan fingerprint density at radius 3 is 2.43 bits per heavy atom. The van der Waals surface area contributed by atoms with Crippen LogP contribution in [0.1, 0.15) is 40.0 Å². The molecule has 0 radical (unpaired) electrons. The van der Waals surface area contributed by atoms with Crippen LogP contribution < -0.4 is 0 Å². The van der Waals surface area contributed by atoms with E-state index in [4.69, 9.17) is 16.3 Å². The zero-order valence-electron chi connectivity index (χ0n) is 8.97. The predicted molar refractivity (Wildman–Crippen MR) is 55.4 cm³/mol. The van der Waals surface area contributed by atoms with Gasteiger partial charge in [-0.3, -0.25) is 0 Å². The van der Waals surface area contributed by atoms with Crippen molar-refractivity contribution in [1.82, 2.24) is 0 Å². The second-order valence-corrected chi connectivity index (χ2v) is 5.76. The maximum atomic E-state index is 10.8. The number of ether oxygens (including phenoxy) is 1. The summed E-state index contributed by atoms with van der Waals surface area (Å²) in [6.45, 7) is 6.80. The first-order valence-corrected chi connectivity index (χ1v) is 5.62. The van der Waals surface area contributed by atoms with Crippen molar-refractivity contribution < 1.29 is 9.53 Å². The lowest BCUT2D eigenvalue weighted by Crippen LogP contribution is -2.37. The van der Waals surface area contributed by atoms with Gasteiger partial charge in [0.2, 0.25) is 0 Å². The summed E-state index contributed by atoms with van der Waals surface area (Å²) in [4.78, 5) is 10.8. The molecule has 0 aromatic heterocycles. The molecule has 80 valence electrons. The molecule has 2 fully saturated rings. The minimum atomic E-state index is -0.653. The largest absolute Gasteiger partial charge is 0.450 e. The van der Waals surface area contributed by atoms with Crippen LogP contribution in [-0.4, -0.2) is 11.5 Å². The highest BCUT2D eigenvalue weighted by Gasteiger charge is 2.62. The number of carbonyl (C=O) groups is 1. The molecule has 0 unspecified atom stereocenters. The first kappa shape index (κ1) is 10.3. The molecular weight excluding hydrogens is 200 g/mol. The van der Waals surface area contributed by atoms with E-state index >= 15 is 0 Å². The quantitative estimate of drug-likeness (QED) is 0.627. The van der Waals surface area contributed by atoms with Crippen molar-refractivity contribution in [3.63, 3.8) is 0 Å². The number of carbonyl (C=O) groups excluding carboxylic acids is 1. The summed E-state index contributed by atoms with van der Waals surface area (Å²) in [6, 6.07) is 0. The second kappa shape index (κ2) is 2.88. The molecule has 0 saturated heterocycles. The van der Waals surface area contributed by atoms with E-state index < -0.39 is 5.43 Å². The number of hydrogen-bond acceptors (Lipinski definition) is 2. The molecule has 2 aliphatic rings. The van der Waals surface area contributed by atoms with Gasteiger partial charge in [0.25, 0.3) is 0 Å². The van der Waals surface area contributed by atoms with Gasteiger partial charge in [0, 0.05) is 17.0 Å². The van der Waals surface area contributed by atoms with Crippen molar-refractivity contribution in [1.29, 1.82) is 0 Å². The smallest absolute Gasteiger partial charge is 0.404 e. The minimum Gasteiger partial charge on any atom is -0.450 e. The summed E-state index contributed by atoms with van der Waals surface area (Å²) in [5.74, 6) is 0.688. The van der Waals surface area contributed by atoms with E-state index in [1.54, 1.807) is 0 Å². The lowest BCUT2D eigenvalue weighted by molar-refractivity contribution is 0.00612. The van der Waals surface area contributed by atoms with Gasteiger partial charge in [0.15, 0.2) is 0 Å². The number of fused-ring (bicyclic) bond motifs is 2. The molecule has 0 N–H and O–H groups in total. The van der Waals surface area contributed by atoms with Crippen LogP contribution in [0.3, 0.4) is 0 Å². The third-order valence-corrected chi connectivity index (χ3v) is 5.04. The fourth-order valence-corrected chi connectivity index (χ4v) is 3.53. The molecule has 0 amide bonds. The van der Waals surface area contributed by atoms with Gasteiger partial charge in [0.1, 0.15) is 6.10 Å². The van der Waals surface area contributed by atoms with E-state index in [1.165, 1.54) is 6.42 Å². The van der Waals surface area contributed by atoms with Crippen molar-refractivity contribution in [3.8, 4) is 0 Å². The summed E-state index contributed by atoms with van der Waals surface area (Å²) >= 11 is 5.29. The lowest BCUT2D eigenvalue weighted by Gasteiger charge is -2.38. The van der Waals surface area contributed by atoms with Crippen LogP contribution >= 0.6 is 11.6 Å². The van der Waals surface area contributed by atoms with Gasteiger partial charge in [-0.2, -0.15) is 0 Å². The molecule has 0 aromatic rings. The van der Waals surface area contributed by atoms with Crippen molar-refractivity contribution in [2.24, 2.45) is 16.7 Å². The molecule has 0 aromatic carbocycles. The summed E-state index contributed by atoms with van der Waals surface area (Å²) < 4.78 is 5.21. The van der Waals surface area contributed by atoms with E-state index in [1.807, 2.05) is 0 Å².